The van der Waals surface area contributed by atoms with Crippen LogP contribution < -0.4 is 0 Å². The second-order valence-corrected chi connectivity index (χ2v) is 11.5. The first-order valence-electron chi connectivity index (χ1n) is 12.9. The molecule has 0 radical (unpaired) electrons. The van der Waals surface area contributed by atoms with E-state index in [4.69, 9.17) is 18.9 Å². The van der Waals surface area contributed by atoms with E-state index < -0.39 is 66.3 Å². The number of rotatable bonds is 8. The van der Waals surface area contributed by atoms with Crippen LogP contribution in [0.25, 0.3) is 0 Å². The third kappa shape index (κ3) is 5.25. The summed E-state index contributed by atoms with van der Waals surface area (Å²) in [6.45, 7) is 3.87. The smallest absolute Gasteiger partial charge is 0.187 e. The fourth-order valence-corrected chi connectivity index (χ4v) is 6.11. The first kappa shape index (κ1) is 29.7. The third-order valence-electron chi connectivity index (χ3n) is 8.81. The average Bonchev–Trinajstić information content (AvgIpc) is 3.45. The Morgan fingerprint density at radius 2 is 1.79 bits per heavy atom. The Bertz CT molecular complexity index is 949. The lowest BCUT2D eigenvalue weighted by atomic mass is 9.68. The van der Waals surface area contributed by atoms with Crippen molar-refractivity contribution in [2.75, 3.05) is 26.4 Å². The van der Waals surface area contributed by atoms with Gasteiger partial charge in [0.1, 0.15) is 36.1 Å². The monoisotopic (exact) mass is 544 g/mol. The molecule has 38 heavy (non-hydrogen) atoms. The van der Waals surface area contributed by atoms with Crippen molar-refractivity contribution in [3.8, 4) is 0 Å². The number of aliphatic hydroxyl groups excluding tert-OH is 6. The van der Waals surface area contributed by atoms with Gasteiger partial charge in [-0.3, -0.25) is 4.79 Å². The number of ether oxygens (including phenoxy) is 4. The Balaban J connectivity index is 1.42. The second kappa shape index (κ2) is 10.9. The van der Waals surface area contributed by atoms with Gasteiger partial charge < -0.3 is 54.7 Å². The van der Waals surface area contributed by atoms with Crippen molar-refractivity contribution < 1.29 is 59.5 Å². The van der Waals surface area contributed by atoms with Crippen LogP contribution >= 0.6 is 0 Å². The summed E-state index contributed by atoms with van der Waals surface area (Å²) in [5.41, 5.74) is -1.64. The highest BCUT2D eigenvalue weighted by atomic mass is 16.7. The molecule has 2 aliphatic carbocycles. The van der Waals surface area contributed by atoms with Crippen LogP contribution in [0.1, 0.15) is 40.0 Å². The van der Waals surface area contributed by atoms with Crippen molar-refractivity contribution in [3.05, 3.63) is 23.3 Å². The van der Waals surface area contributed by atoms with Crippen molar-refractivity contribution in [1.82, 2.24) is 0 Å². The number of aliphatic hydroxyl groups is 7. The highest BCUT2D eigenvalue weighted by molar-refractivity contribution is 6.02. The Morgan fingerprint density at radius 3 is 2.42 bits per heavy atom. The highest BCUT2D eigenvalue weighted by Crippen LogP contribution is 2.56. The number of carbonyl (C=O) groups is 1. The quantitative estimate of drug-likeness (QED) is 0.183. The third-order valence-corrected chi connectivity index (χ3v) is 8.81. The standard InChI is InChI=1S/C26H40O12/c1-13-6-16(29)7-15(9-27)25(13)5-4-14(8-25)24(2,3)38-22-20(32)19(31)18(30)17(37-22)10-35-23-21(33)26(34,11-28)12-36-23/h6-7,14,17-23,27-28,30-34H,4-5,8-12H2,1-3H3/t14-,17-,18-,19+,20-,21+,22+,23-,25-,26-/m1/s1. The van der Waals surface area contributed by atoms with E-state index in [-0.39, 0.29) is 31.5 Å². The Kier molecular flexibility index (Phi) is 8.55. The molecule has 1 spiro atoms. The maximum absolute atomic E-state index is 12.0. The van der Waals surface area contributed by atoms with E-state index in [9.17, 15) is 40.5 Å². The maximum Gasteiger partial charge on any atom is 0.187 e. The fraction of sp³-hybridized carbons (Fsp3) is 0.808. The summed E-state index contributed by atoms with van der Waals surface area (Å²) in [6, 6.07) is 0. The van der Waals surface area contributed by atoms with Crippen LogP contribution in [0.2, 0.25) is 0 Å². The molecule has 12 heteroatoms. The molecule has 216 valence electrons. The second-order valence-electron chi connectivity index (χ2n) is 11.5. The van der Waals surface area contributed by atoms with Crippen LogP contribution in [-0.4, -0.2) is 122 Å². The number of ketones is 1. The van der Waals surface area contributed by atoms with Crippen LogP contribution in [0, 0.1) is 11.3 Å². The molecular formula is C26H40O12. The van der Waals surface area contributed by atoms with Gasteiger partial charge in [0.15, 0.2) is 18.4 Å². The summed E-state index contributed by atoms with van der Waals surface area (Å²) in [5.74, 6) is -0.200. The van der Waals surface area contributed by atoms with E-state index in [1.54, 1.807) is 6.08 Å². The van der Waals surface area contributed by atoms with Crippen LogP contribution in [0.4, 0.5) is 0 Å². The lowest BCUT2D eigenvalue weighted by Crippen LogP contribution is -2.61. The lowest BCUT2D eigenvalue weighted by Gasteiger charge is -2.45. The summed E-state index contributed by atoms with van der Waals surface area (Å²) in [7, 11) is 0. The number of hydrogen-bond acceptors (Lipinski definition) is 12. The first-order chi connectivity index (χ1) is 17.8. The molecule has 0 aromatic carbocycles. The predicted molar refractivity (Wildman–Crippen MR) is 129 cm³/mol. The summed E-state index contributed by atoms with van der Waals surface area (Å²) < 4.78 is 22.7. The van der Waals surface area contributed by atoms with Gasteiger partial charge >= 0.3 is 0 Å². The van der Waals surface area contributed by atoms with Crippen LogP contribution in [0.15, 0.2) is 23.3 Å². The zero-order valence-electron chi connectivity index (χ0n) is 21.9. The van der Waals surface area contributed by atoms with E-state index >= 15 is 0 Å². The minimum Gasteiger partial charge on any atom is -0.393 e. The van der Waals surface area contributed by atoms with Gasteiger partial charge in [-0.1, -0.05) is 5.57 Å². The number of hydrogen-bond donors (Lipinski definition) is 7. The van der Waals surface area contributed by atoms with Crippen molar-refractivity contribution in [3.63, 3.8) is 0 Å². The molecule has 10 atom stereocenters. The van der Waals surface area contributed by atoms with E-state index in [0.29, 0.717) is 18.4 Å². The molecule has 3 fully saturated rings. The maximum atomic E-state index is 12.0. The van der Waals surface area contributed by atoms with Gasteiger partial charge in [-0.25, -0.2) is 0 Å². The van der Waals surface area contributed by atoms with E-state index in [0.717, 1.165) is 12.0 Å². The molecule has 4 rings (SSSR count). The lowest BCUT2D eigenvalue weighted by molar-refractivity contribution is -0.334. The molecule has 12 nitrogen and oxygen atoms in total. The SMILES string of the molecule is CC1=CC(=O)C=C(CO)[C@@]12CC[C@@H](C(C)(C)O[C@@H]1O[C@H](CO[C@@H]3OC[C@](O)(CO)[C@H]3O)[C@@H](O)[C@H](O)[C@H]1O)C2. The average molecular weight is 545 g/mol. The summed E-state index contributed by atoms with van der Waals surface area (Å²) >= 11 is 0. The Hall–Kier alpha value is -1.29. The molecule has 0 aromatic heterocycles. The van der Waals surface area contributed by atoms with Crippen molar-refractivity contribution in [2.45, 2.75) is 94.3 Å². The van der Waals surface area contributed by atoms with Crippen LogP contribution in [0.3, 0.4) is 0 Å². The predicted octanol–water partition coefficient (Wildman–Crippen LogP) is -1.72. The number of allylic oxidation sites excluding steroid dienone is 3. The van der Waals surface area contributed by atoms with Gasteiger partial charge in [-0.05, 0) is 63.7 Å². The summed E-state index contributed by atoms with van der Waals surface area (Å²) in [4.78, 5) is 12.0. The van der Waals surface area contributed by atoms with Gasteiger partial charge in [0.05, 0.1) is 32.0 Å². The highest BCUT2D eigenvalue weighted by Gasteiger charge is 2.53. The van der Waals surface area contributed by atoms with Crippen molar-refractivity contribution in [1.29, 1.82) is 0 Å². The molecule has 0 unspecified atom stereocenters. The minimum absolute atomic E-state index is 0.0540. The van der Waals surface area contributed by atoms with Crippen molar-refractivity contribution >= 4 is 5.78 Å². The topological polar surface area (TPSA) is 196 Å². The van der Waals surface area contributed by atoms with E-state index in [2.05, 4.69) is 0 Å². The molecule has 1 saturated carbocycles. The van der Waals surface area contributed by atoms with Crippen LogP contribution in [-0.2, 0) is 23.7 Å². The van der Waals surface area contributed by atoms with Crippen LogP contribution in [0.5, 0.6) is 0 Å². The van der Waals surface area contributed by atoms with E-state index in [1.165, 1.54) is 6.08 Å². The molecule has 7 N–H and O–H groups in total. The molecule has 4 aliphatic rings. The largest absolute Gasteiger partial charge is 0.393 e. The Labute approximate surface area is 221 Å². The van der Waals surface area contributed by atoms with Gasteiger partial charge in [-0.15, -0.1) is 0 Å². The van der Waals surface area contributed by atoms with E-state index in [1.807, 2.05) is 20.8 Å². The molecule has 2 aliphatic heterocycles. The summed E-state index contributed by atoms with van der Waals surface area (Å²) in [6.07, 6.45) is -4.94. The minimum atomic E-state index is -1.88. The van der Waals surface area contributed by atoms with Gasteiger partial charge in [-0.2, -0.15) is 0 Å². The van der Waals surface area contributed by atoms with Gasteiger partial charge in [0.2, 0.25) is 0 Å². The molecule has 0 bridgehead atoms. The fourth-order valence-electron chi connectivity index (χ4n) is 6.11. The normalized spacial score (nSPS) is 44.0. The molecule has 2 heterocycles. The molecule has 2 saturated heterocycles. The van der Waals surface area contributed by atoms with Gasteiger partial charge in [0, 0.05) is 5.41 Å². The van der Waals surface area contributed by atoms with Crippen molar-refractivity contribution in [2.24, 2.45) is 11.3 Å². The summed E-state index contributed by atoms with van der Waals surface area (Å²) in [5, 5.41) is 71.1. The zero-order chi connectivity index (χ0) is 28.0. The molecular weight excluding hydrogens is 504 g/mol. The first-order valence-corrected chi connectivity index (χ1v) is 12.9. The molecule has 0 aromatic rings. The zero-order valence-corrected chi connectivity index (χ0v) is 21.9. The number of carbonyl (C=O) groups excluding carboxylic acids is 1. The molecule has 0 amide bonds. The van der Waals surface area contributed by atoms with Gasteiger partial charge in [0.25, 0.3) is 0 Å². The Morgan fingerprint density at radius 1 is 1.08 bits per heavy atom.